The first-order valence-corrected chi connectivity index (χ1v) is 9.97. The van der Waals surface area contributed by atoms with Crippen LogP contribution in [0.3, 0.4) is 0 Å². The molecule has 0 saturated carbocycles. The highest BCUT2D eigenvalue weighted by Gasteiger charge is 2.16. The molecule has 2 aromatic rings. The maximum atomic E-state index is 9.03. The number of aryl methyl sites for hydroxylation is 2. The highest BCUT2D eigenvalue weighted by Crippen LogP contribution is 2.27. The number of hydrogen-bond acceptors (Lipinski definition) is 4. The molecule has 3 rings (SSSR count). The van der Waals surface area contributed by atoms with Gasteiger partial charge in [0.1, 0.15) is 5.01 Å². The van der Waals surface area contributed by atoms with Crippen LogP contribution in [0.15, 0.2) is 29.3 Å². The number of thiazole rings is 1. The van der Waals surface area contributed by atoms with E-state index in [9.17, 15) is 0 Å². The van der Waals surface area contributed by atoms with E-state index in [1.54, 1.807) is 0 Å². The molecule has 136 valence electrons. The lowest BCUT2D eigenvalue weighted by molar-refractivity contribution is 0.474. The van der Waals surface area contributed by atoms with Crippen LogP contribution in [0.25, 0.3) is 0 Å². The van der Waals surface area contributed by atoms with Gasteiger partial charge in [0.05, 0.1) is 30.4 Å². The second-order valence-corrected chi connectivity index (χ2v) is 7.69. The third-order valence-electron chi connectivity index (χ3n) is 4.43. The Balaban J connectivity index is 1.69. The summed E-state index contributed by atoms with van der Waals surface area (Å²) in [6, 6.07) is 9.79. The van der Waals surface area contributed by atoms with Gasteiger partial charge in [0, 0.05) is 18.5 Å². The summed E-state index contributed by atoms with van der Waals surface area (Å²) in [5, 5.41) is 13.5. The molecule has 1 aromatic carbocycles. The van der Waals surface area contributed by atoms with Crippen LogP contribution in [-0.2, 0) is 25.9 Å². The van der Waals surface area contributed by atoms with Gasteiger partial charge < -0.3 is 10.2 Å². The van der Waals surface area contributed by atoms with Crippen LogP contribution in [0.1, 0.15) is 46.5 Å². The molecule has 6 heteroatoms. The summed E-state index contributed by atoms with van der Waals surface area (Å²) in [5.74, 6) is 0.864. The Morgan fingerprint density at radius 1 is 1.38 bits per heavy atom. The fourth-order valence-electron chi connectivity index (χ4n) is 3.13. The van der Waals surface area contributed by atoms with Crippen molar-refractivity contribution >= 4 is 17.3 Å². The molecule has 0 saturated heterocycles. The van der Waals surface area contributed by atoms with Crippen LogP contribution >= 0.6 is 11.3 Å². The number of nitriles is 1. The van der Waals surface area contributed by atoms with Gasteiger partial charge in [0.2, 0.25) is 0 Å². The molecule has 5 nitrogen and oxygen atoms in total. The Morgan fingerprint density at radius 3 is 3.00 bits per heavy atom. The lowest BCUT2D eigenvalue weighted by Crippen LogP contribution is -2.38. The lowest BCUT2D eigenvalue weighted by atomic mass is 10.0. The van der Waals surface area contributed by atoms with Crippen LogP contribution in [0.2, 0.25) is 0 Å². The molecule has 1 aromatic heterocycles. The first-order valence-electron chi connectivity index (χ1n) is 9.15. The first-order chi connectivity index (χ1) is 12.7. The number of rotatable bonds is 5. The third-order valence-corrected chi connectivity index (χ3v) is 5.57. The lowest BCUT2D eigenvalue weighted by Gasteiger charge is -2.21. The van der Waals surface area contributed by atoms with Crippen LogP contribution in [0, 0.1) is 11.3 Å². The van der Waals surface area contributed by atoms with Gasteiger partial charge in [-0.3, -0.25) is 0 Å². The van der Waals surface area contributed by atoms with E-state index in [-0.39, 0.29) is 0 Å². The Kier molecular flexibility index (Phi) is 6.24. The van der Waals surface area contributed by atoms with Crippen molar-refractivity contribution in [3.05, 3.63) is 51.0 Å². The maximum Gasteiger partial charge on any atom is 0.194 e. The Morgan fingerprint density at radius 2 is 2.23 bits per heavy atom. The summed E-state index contributed by atoms with van der Waals surface area (Å²) in [6.07, 6.45) is 4.85. The standard InChI is InChI=1S/C20H25N5S/c1-3-22-20(23-13-16-8-6-7-15(11-16)12-21)25(2)14-19-24-17-9-4-5-10-18(17)26-19/h6-8,11H,3-5,9-10,13-14H2,1-2H3,(H,22,23). The van der Waals surface area contributed by atoms with Crippen molar-refractivity contribution in [2.24, 2.45) is 4.99 Å². The van der Waals surface area contributed by atoms with Crippen LogP contribution in [-0.4, -0.2) is 29.4 Å². The van der Waals surface area contributed by atoms with Gasteiger partial charge in [0.25, 0.3) is 0 Å². The van der Waals surface area contributed by atoms with E-state index in [2.05, 4.69) is 23.2 Å². The van der Waals surface area contributed by atoms with Crippen LogP contribution in [0.5, 0.6) is 0 Å². The van der Waals surface area contributed by atoms with Gasteiger partial charge in [-0.25, -0.2) is 9.98 Å². The minimum atomic E-state index is 0.552. The Bertz CT molecular complexity index is 794. The van der Waals surface area contributed by atoms with Crippen molar-refractivity contribution < 1.29 is 0 Å². The minimum Gasteiger partial charge on any atom is -0.357 e. The number of aromatic nitrogens is 1. The summed E-state index contributed by atoms with van der Waals surface area (Å²) >= 11 is 1.85. The van der Waals surface area contributed by atoms with E-state index in [0.29, 0.717) is 12.1 Å². The van der Waals surface area contributed by atoms with Gasteiger partial charge in [-0.15, -0.1) is 11.3 Å². The molecule has 0 atom stereocenters. The summed E-state index contributed by atoms with van der Waals surface area (Å²) in [6.45, 7) is 4.20. The predicted molar refractivity (Wildman–Crippen MR) is 106 cm³/mol. The molecule has 0 amide bonds. The van der Waals surface area contributed by atoms with Crippen molar-refractivity contribution in [2.45, 2.75) is 45.7 Å². The number of aliphatic imine (C=N–C) groups is 1. The molecule has 0 radical (unpaired) electrons. The van der Waals surface area contributed by atoms with Gasteiger partial charge >= 0.3 is 0 Å². The average molecular weight is 368 g/mol. The monoisotopic (exact) mass is 367 g/mol. The average Bonchev–Trinajstić information content (AvgIpc) is 3.07. The fraction of sp³-hybridized carbons (Fsp3) is 0.450. The molecule has 0 aliphatic heterocycles. The Hall–Kier alpha value is -2.39. The van der Waals surface area contributed by atoms with Crippen molar-refractivity contribution in [1.82, 2.24) is 15.2 Å². The summed E-state index contributed by atoms with van der Waals surface area (Å²) in [4.78, 5) is 13.2. The molecule has 1 heterocycles. The van der Waals surface area contributed by atoms with Crippen LogP contribution in [0.4, 0.5) is 0 Å². The van der Waals surface area contributed by atoms with E-state index in [1.807, 2.05) is 42.6 Å². The van der Waals surface area contributed by atoms with Gasteiger partial charge in [-0.05, 0) is 50.3 Å². The molecule has 1 N–H and O–H groups in total. The fourth-order valence-corrected chi connectivity index (χ4v) is 4.34. The minimum absolute atomic E-state index is 0.552. The molecular weight excluding hydrogens is 342 g/mol. The molecule has 26 heavy (non-hydrogen) atoms. The van der Waals surface area contributed by atoms with E-state index >= 15 is 0 Å². The molecule has 0 unspecified atom stereocenters. The first kappa shape index (κ1) is 18.4. The smallest absolute Gasteiger partial charge is 0.194 e. The third kappa shape index (κ3) is 4.61. The van der Waals surface area contributed by atoms with Crippen molar-refractivity contribution in [1.29, 1.82) is 5.26 Å². The quantitative estimate of drug-likeness (QED) is 0.649. The van der Waals surface area contributed by atoms with Crippen LogP contribution < -0.4 is 5.32 Å². The summed E-state index contributed by atoms with van der Waals surface area (Å²) in [5.41, 5.74) is 3.02. The number of nitrogens with one attached hydrogen (secondary N) is 1. The zero-order chi connectivity index (χ0) is 18.4. The van der Waals surface area contributed by atoms with E-state index < -0.39 is 0 Å². The topological polar surface area (TPSA) is 64.3 Å². The number of nitrogens with zero attached hydrogens (tertiary/aromatic N) is 4. The van der Waals surface area contributed by atoms with Gasteiger partial charge in [-0.1, -0.05) is 12.1 Å². The highest BCUT2D eigenvalue weighted by atomic mass is 32.1. The van der Waals surface area contributed by atoms with E-state index in [4.69, 9.17) is 15.2 Å². The second-order valence-electron chi connectivity index (χ2n) is 6.52. The molecule has 1 aliphatic carbocycles. The van der Waals surface area contributed by atoms with Gasteiger partial charge in [0.15, 0.2) is 5.96 Å². The van der Waals surface area contributed by atoms with E-state index in [1.165, 1.54) is 29.8 Å². The molecule has 1 aliphatic rings. The number of fused-ring (bicyclic) bond motifs is 1. The highest BCUT2D eigenvalue weighted by molar-refractivity contribution is 7.11. The normalized spacial score (nSPS) is 13.8. The zero-order valence-electron chi connectivity index (χ0n) is 15.5. The molecular formula is C20H25N5S. The molecule has 0 fully saturated rings. The predicted octanol–water partition coefficient (Wildman–Crippen LogP) is 3.49. The Labute approximate surface area is 159 Å². The van der Waals surface area contributed by atoms with E-state index in [0.717, 1.165) is 36.0 Å². The largest absolute Gasteiger partial charge is 0.357 e. The van der Waals surface area contributed by atoms with Crippen molar-refractivity contribution in [3.63, 3.8) is 0 Å². The molecule has 0 bridgehead atoms. The molecule has 0 spiro atoms. The van der Waals surface area contributed by atoms with Crippen molar-refractivity contribution in [3.8, 4) is 6.07 Å². The SMILES string of the molecule is CCNC(=NCc1cccc(C#N)c1)N(C)Cc1nc2c(s1)CCCC2. The summed E-state index contributed by atoms with van der Waals surface area (Å²) in [7, 11) is 2.05. The number of guanidine groups is 1. The second kappa shape index (κ2) is 8.81. The maximum absolute atomic E-state index is 9.03. The zero-order valence-corrected chi connectivity index (χ0v) is 16.3. The van der Waals surface area contributed by atoms with Crippen molar-refractivity contribution in [2.75, 3.05) is 13.6 Å². The number of hydrogen-bond donors (Lipinski definition) is 1. The number of benzene rings is 1. The van der Waals surface area contributed by atoms with Gasteiger partial charge in [-0.2, -0.15) is 5.26 Å². The summed E-state index contributed by atoms with van der Waals surface area (Å²) < 4.78 is 0.